The summed E-state index contributed by atoms with van der Waals surface area (Å²) in [5, 5.41) is -0.301. The number of carbonyl (C=O) groups excluding carboxylic acids is 2. The van der Waals surface area contributed by atoms with Crippen LogP contribution < -0.4 is 4.74 Å². The van der Waals surface area contributed by atoms with Crippen LogP contribution in [0.2, 0.25) is 0 Å². The number of Topliss-reactive ketones (excluding diaryl/α,β-unsaturated/α-hetero) is 1. The molecule has 1 aromatic rings. The molecule has 4 heteroatoms. The monoisotopic (exact) mass is 360 g/mol. The number of hydrogen-bond acceptors (Lipinski definition) is 3. The van der Waals surface area contributed by atoms with E-state index in [1.807, 2.05) is 0 Å². The quantitative estimate of drug-likeness (QED) is 0.745. The first-order valence-electron chi connectivity index (χ1n) is 9.32. The number of fused-ring (bicyclic) bond motifs is 5. The molecule has 0 spiro atoms. The molecule has 3 aliphatic carbocycles. The number of benzene rings is 1. The number of ether oxygens (including phenoxy) is 1. The first kappa shape index (κ1) is 17.1. The molecule has 3 nitrogen and oxygen atoms in total. The zero-order chi connectivity index (χ0) is 17.8. The van der Waals surface area contributed by atoms with Crippen molar-refractivity contribution in [3.8, 4) is 5.75 Å². The maximum Gasteiger partial charge on any atom is 0.221 e. The maximum atomic E-state index is 12.8. The molecule has 4 rings (SSSR count). The van der Waals surface area contributed by atoms with E-state index in [2.05, 4.69) is 25.1 Å². The Bertz CT molecular complexity index is 728. The van der Waals surface area contributed by atoms with Crippen molar-refractivity contribution in [2.24, 2.45) is 23.2 Å². The van der Waals surface area contributed by atoms with E-state index >= 15 is 0 Å². The molecular weight excluding hydrogens is 336 g/mol. The van der Waals surface area contributed by atoms with Crippen LogP contribution in [0, 0.1) is 23.2 Å². The lowest BCUT2D eigenvalue weighted by molar-refractivity contribution is -0.129. The summed E-state index contributed by atoms with van der Waals surface area (Å²) in [6.07, 6.45) is 4.96. The third-order valence-electron chi connectivity index (χ3n) is 7.20. The predicted molar refractivity (Wildman–Crippen MR) is 97.0 cm³/mol. The van der Waals surface area contributed by atoms with Crippen LogP contribution in [0.1, 0.15) is 56.1 Å². The first-order chi connectivity index (χ1) is 11.9. The summed E-state index contributed by atoms with van der Waals surface area (Å²) in [6.45, 7) is 2.14. The summed E-state index contributed by atoms with van der Waals surface area (Å²) in [7, 11) is 1.71. The minimum atomic E-state index is -0.301. The van der Waals surface area contributed by atoms with E-state index < -0.39 is 0 Å². The SMILES string of the molecule is COc1ccc2c(c1)CCC1C2CCC2(C)C(=O)CC(CC(=O)Cl)C12. The van der Waals surface area contributed by atoms with Crippen molar-refractivity contribution in [2.75, 3.05) is 7.11 Å². The van der Waals surface area contributed by atoms with Gasteiger partial charge in [0.05, 0.1) is 7.11 Å². The molecular formula is C21H25ClO3. The van der Waals surface area contributed by atoms with Crippen LogP contribution in [-0.2, 0) is 16.0 Å². The van der Waals surface area contributed by atoms with Gasteiger partial charge in [0.15, 0.2) is 0 Å². The van der Waals surface area contributed by atoms with Crippen LogP contribution in [0.5, 0.6) is 5.75 Å². The fraction of sp³-hybridized carbons (Fsp3) is 0.619. The van der Waals surface area contributed by atoms with E-state index in [0.717, 1.165) is 31.4 Å². The molecule has 0 bridgehead atoms. The average molecular weight is 361 g/mol. The Labute approximate surface area is 154 Å². The third-order valence-corrected chi connectivity index (χ3v) is 7.35. The Morgan fingerprint density at radius 3 is 2.88 bits per heavy atom. The van der Waals surface area contributed by atoms with Crippen LogP contribution in [-0.4, -0.2) is 18.1 Å². The second kappa shape index (κ2) is 6.12. The van der Waals surface area contributed by atoms with Gasteiger partial charge in [0.25, 0.3) is 0 Å². The van der Waals surface area contributed by atoms with E-state index in [-0.39, 0.29) is 22.5 Å². The van der Waals surface area contributed by atoms with Gasteiger partial charge >= 0.3 is 0 Å². The van der Waals surface area contributed by atoms with E-state index in [1.165, 1.54) is 11.1 Å². The second-order valence-electron chi connectivity index (χ2n) is 8.30. The van der Waals surface area contributed by atoms with Gasteiger partial charge < -0.3 is 4.74 Å². The highest BCUT2D eigenvalue weighted by Crippen LogP contribution is 2.62. The van der Waals surface area contributed by atoms with Crippen molar-refractivity contribution in [3.63, 3.8) is 0 Å². The van der Waals surface area contributed by atoms with Crippen molar-refractivity contribution < 1.29 is 14.3 Å². The average Bonchev–Trinajstić information content (AvgIpc) is 2.84. The van der Waals surface area contributed by atoms with E-state index in [0.29, 0.717) is 30.5 Å². The van der Waals surface area contributed by atoms with Crippen LogP contribution in [0.4, 0.5) is 0 Å². The third kappa shape index (κ3) is 2.63. The van der Waals surface area contributed by atoms with Crippen molar-refractivity contribution >= 4 is 22.6 Å². The molecule has 2 fully saturated rings. The van der Waals surface area contributed by atoms with Crippen molar-refractivity contribution in [2.45, 2.75) is 51.4 Å². The number of carbonyl (C=O) groups is 2. The van der Waals surface area contributed by atoms with Gasteiger partial charge in [0.2, 0.25) is 5.24 Å². The number of hydrogen-bond donors (Lipinski definition) is 0. The molecule has 0 aromatic heterocycles. The Balaban J connectivity index is 1.70. The molecule has 0 amide bonds. The van der Waals surface area contributed by atoms with Gasteiger partial charge in [-0.25, -0.2) is 0 Å². The summed E-state index contributed by atoms with van der Waals surface area (Å²) < 4.78 is 5.38. The minimum absolute atomic E-state index is 0.120. The Kier molecular flexibility index (Phi) is 4.18. The first-order valence-corrected chi connectivity index (χ1v) is 9.70. The van der Waals surface area contributed by atoms with Crippen molar-refractivity contribution in [1.29, 1.82) is 0 Å². The highest BCUT2D eigenvalue weighted by Gasteiger charge is 2.58. The van der Waals surface area contributed by atoms with Crippen molar-refractivity contribution in [3.05, 3.63) is 29.3 Å². The molecule has 25 heavy (non-hydrogen) atoms. The molecule has 0 radical (unpaired) electrons. The number of rotatable bonds is 3. The fourth-order valence-corrected chi connectivity index (χ4v) is 6.33. The lowest BCUT2D eigenvalue weighted by Crippen LogP contribution is -2.44. The molecule has 5 atom stereocenters. The van der Waals surface area contributed by atoms with Gasteiger partial charge in [-0.2, -0.15) is 0 Å². The van der Waals surface area contributed by atoms with Gasteiger partial charge in [0.1, 0.15) is 11.5 Å². The lowest BCUT2D eigenvalue weighted by atomic mass is 9.54. The topological polar surface area (TPSA) is 43.4 Å². The van der Waals surface area contributed by atoms with Gasteiger partial charge in [-0.15, -0.1) is 0 Å². The van der Waals surface area contributed by atoms with Gasteiger partial charge in [-0.3, -0.25) is 9.59 Å². The maximum absolute atomic E-state index is 12.8. The fourth-order valence-electron chi connectivity index (χ4n) is 6.13. The van der Waals surface area contributed by atoms with E-state index in [9.17, 15) is 9.59 Å². The van der Waals surface area contributed by atoms with Crippen LogP contribution >= 0.6 is 11.6 Å². The zero-order valence-electron chi connectivity index (χ0n) is 14.9. The number of halogens is 1. The Morgan fingerprint density at radius 1 is 1.36 bits per heavy atom. The Hall–Kier alpha value is -1.35. The molecule has 3 aliphatic rings. The van der Waals surface area contributed by atoms with Gasteiger partial charge in [0, 0.05) is 18.3 Å². The smallest absolute Gasteiger partial charge is 0.221 e. The predicted octanol–water partition coefficient (Wildman–Crippen LogP) is 4.50. The van der Waals surface area contributed by atoms with Crippen molar-refractivity contribution in [1.82, 2.24) is 0 Å². The number of methoxy groups -OCH3 is 1. The zero-order valence-corrected chi connectivity index (χ0v) is 15.6. The molecule has 5 unspecified atom stereocenters. The minimum Gasteiger partial charge on any atom is -0.497 e. The summed E-state index contributed by atoms with van der Waals surface area (Å²) in [5.41, 5.74) is 2.55. The molecule has 0 aliphatic heterocycles. The molecule has 0 heterocycles. The molecule has 134 valence electrons. The van der Waals surface area contributed by atoms with E-state index in [1.54, 1.807) is 7.11 Å². The molecule has 1 aromatic carbocycles. The summed E-state index contributed by atoms with van der Waals surface area (Å²) >= 11 is 5.71. The Morgan fingerprint density at radius 2 is 2.16 bits per heavy atom. The highest BCUT2D eigenvalue weighted by atomic mass is 35.5. The standard InChI is InChI=1S/C21H25ClO3/c1-21-8-7-16-15-6-4-14(25-2)9-12(15)3-5-17(16)20(21)13(10-18(21)23)11-19(22)24/h4,6,9,13,16-17,20H,3,5,7-8,10-11H2,1-2H3. The van der Waals surface area contributed by atoms with Crippen LogP contribution in [0.3, 0.4) is 0 Å². The lowest BCUT2D eigenvalue weighted by Gasteiger charge is -2.49. The van der Waals surface area contributed by atoms with E-state index in [4.69, 9.17) is 16.3 Å². The van der Waals surface area contributed by atoms with Gasteiger partial charge in [-0.1, -0.05) is 13.0 Å². The second-order valence-corrected chi connectivity index (χ2v) is 8.72. The van der Waals surface area contributed by atoms with Gasteiger partial charge in [-0.05, 0) is 84.2 Å². The highest BCUT2D eigenvalue weighted by molar-refractivity contribution is 6.63. The normalized spacial score (nSPS) is 36.4. The number of aryl methyl sites for hydroxylation is 1. The van der Waals surface area contributed by atoms with Crippen LogP contribution in [0.25, 0.3) is 0 Å². The van der Waals surface area contributed by atoms with Crippen LogP contribution in [0.15, 0.2) is 18.2 Å². The largest absolute Gasteiger partial charge is 0.497 e. The molecule has 0 saturated heterocycles. The summed E-state index contributed by atoms with van der Waals surface area (Å²) in [5.74, 6) is 2.64. The number of ketones is 1. The summed E-state index contributed by atoms with van der Waals surface area (Å²) in [4.78, 5) is 24.3. The molecule has 0 N–H and O–H groups in total. The summed E-state index contributed by atoms with van der Waals surface area (Å²) in [6, 6.07) is 6.43. The molecule has 2 saturated carbocycles.